The Morgan fingerprint density at radius 2 is 1.65 bits per heavy atom. The van der Waals surface area contributed by atoms with Crippen molar-refractivity contribution in [1.82, 2.24) is 0 Å². The first-order valence-corrected chi connectivity index (χ1v) is 9.35. The SMILES string of the molecule is COc1cc(OCc2ccccc2)c2c(=O)cc(-c3ccc(C(F)(F)F)cc3)oc2c1. The molecule has 0 fully saturated rings. The summed E-state index contributed by atoms with van der Waals surface area (Å²) in [5.41, 5.74) is 0.329. The van der Waals surface area contributed by atoms with E-state index in [-0.39, 0.29) is 28.8 Å². The maximum Gasteiger partial charge on any atom is 0.416 e. The summed E-state index contributed by atoms with van der Waals surface area (Å²) in [7, 11) is 1.47. The van der Waals surface area contributed by atoms with Gasteiger partial charge in [0.1, 0.15) is 34.8 Å². The molecule has 31 heavy (non-hydrogen) atoms. The highest BCUT2D eigenvalue weighted by Gasteiger charge is 2.30. The maximum absolute atomic E-state index is 12.9. The van der Waals surface area contributed by atoms with Crippen molar-refractivity contribution in [3.8, 4) is 22.8 Å². The second kappa shape index (κ2) is 8.18. The number of ether oxygens (including phenoxy) is 2. The summed E-state index contributed by atoms with van der Waals surface area (Å²) in [6.07, 6.45) is -4.44. The van der Waals surface area contributed by atoms with Crippen LogP contribution in [0.5, 0.6) is 11.5 Å². The zero-order chi connectivity index (χ0) is 22.0. The van der Waals surface area contributed by atoms with E-state index in [4.69, 9.17) is 13.9 Å². The molecule has 3 aromatic carbocycles. The van der Waals surface area contributed by atoms with Gasteiger partial charge in [-0.1, -0.05) is 42.5 Å². The van der Waals surface area contributed by atoms with Crippen LogP contribution in [-0.2, 0) is 12.8 Å². The summed E-state index contributed by atoms with van der Waals surface area (Å²) in [5, 5.41) is 0.229. The maximum atomic E-state index is 12.9. The summed E-state index contributed by atoms with van der Waals surface area (Å²) >= 11 is 0. The minimum absolute atomic E-state index is 0.147. The van der Waals surface area contributed by atoms with E-state index in [1.54, 1.807) is 12.1 Å². The van der Waals surface area contributed by atoms with Gasteiger partial charge in [0.15, 0.2) is 5.43 Å². The zero-order valence-corrected chi connectivity index (χ0v) is 16.4. The molecule has 4 aromatic rings. The van der Waals surface area contributed by atoms with Gasteiger partial charge in [0.2, 0.25) is 0 Å². The molecule has 0 aliphatic carbocycles. The van der Waals surface area contributed by atoms with Crippen molar-refractivity contribution in [2.45, 2.75) is 12.8 Å². The second-order valence-corrected chi connectivity index (χ2v) is 6.82. The van der Waals surface area contributed by atoms with Gasteiger partial charge < -0.3 is 13.9 Å². The topological polar surface area (TPSA) is 48.7 Å². The monoisotopic (exact) mass is 426 g/mol. The fourth-order valence-corrected chi connectivity index (χ4v) is 3.16. The van der Waals surface area contributed by atoms with Crippen molar-refractivity contribution < 1.29 is 27.1 Å². The number of hydrogen-bond donors (Lipinski definition) is 0. The quantitative estimate of drug-likeness (QED) is 0.389. The highest BCUT2D eigenvalue weighted by Crippen LogP contribution is 2.34. The van der Waals surface area contributed by atoms with Crippen LogP contribution in [-0.4, -0.2) is 7.11 Å². The van der Waals surface area contributed by atoms with Crippen molar-refractivity contribution >= 4 is 11.0 Å². The van der Waals surface area contributed by atoms with E-state index in [0.717, 1.165) is 17.7 Å². The van der Waals surface area contributed by atoms with E-state index < -0.39 is 11.7 Å². The van der Waals surface area contributed by atoms with Crippen molar-refractivity contribution in [3.63, 3.8) is 0 Å². The molecular formula is C24H17F3O4. The molecule has 0 bridgehead atoms. The zero-order valence-electron chi connectivity index (χ0n) is 16.4. The Bertz CT molecular complexity index is 1260. The van der Waals surface area contributed by atoms with Gasteiger partial charge in [-0.3, -0.25) is 4.79 Å². The first-order valence-electron chi connectivity index (χ1n) is 9.35. The predicted molar refractivity (Wildman–Crippen MR) is 110 cm³/mol. The summed E-state index contributed by atoms with van der Waals surface area (Å²) in [6, 6.07) is 18.2. The number of fused-ring (bicyclic) bond motifs is 1. The molecule has 4 rings (SSSR count). The Balaban J connectivity index is 1.75. The lowest BCUT2D eigenvalue weighted by molar-refractivity contribution is -0.137. The van der Waals surface area contributed by atoms with E-state index in [1.165, 1.54) is 25.3 Å². The largest absolute Gasteiger partial charge is 0.496 e. The van der Waals surface area contributed by atoms with E-state index in [1.807, 2.05) is 30.3 Å². The van der Waals surface area contributed by atoms with Crippen LogP contribution in [0.15, 0.2) is 82.0 Å². The lowest BCUT2D eigenvalue weighted by Crippen LogP contribution is -2.06. The molecule has 0 aliphatic heterocycles. The Hall–Kier alpha value is -3.74. The van der Waals surface area contributed by atoms with E-state index in [9.17, 15) is 18.0 Å². The summed E-state index contributed by atoms with van der Waals surface area (Å²) < 4.78 is 55.4. The molecule has 0 saturated carbocycles. The fraction of sp³-hybridized carbons (Fsp3) is 0.125. The summed E-state index contributed by atoms with van der Waals surface area (Å²) in [6.45, 7) is 0.239. The summed E-state index contributed by atoms with van der Waals surface area (Å²) in [4.78, 5) is 12.9. The van der Waals surface area contributed by atoms with Crippen molar-refractivity contribution in [3.05, 3.63) is 94.1 Å². The number of rotatable bonds is 5. The molecule has 0 spiro atoms. The normalized spacial score (nSPS) is 11.5. The number of halogens is 3. The van der Waals surface area contributed by atoms with Crippen LogP contribution < -0.4 is 14.9 Å². The Morgan fingerprint density at radius 3 is 2.29 bits per heavy atom. The average molecular weight is 426 g/mol. The highest BCUT2D eigenvalue weighted by atomic mass is 19.4. The first kappa shape index (κ1) is 20.5. The number of methoxy groups -OCH3 is 1. The van der Waals surface area contributed by atoms with Crippen LogP contribution in [0.4, 0.5) is 13.2 Å². The third kappa shape index (κ3) is 4.40. The third-order valence-corrected chi connectivity index (χ3v) is 4.74. The van der Waals surface area contributed by atoms with Crippen LogP contribution in [0.3, 0.4) is 0 Å². The second-order valence-electron chi connectivity index (χ2n) is 6.82. The van der Waals surface area contributed by atoms with E-state index >= 15 is 0 Å². The van der Waals surface area contributed by atoms with Crippen LogP contribution in [0.2, 0.25) is 0 Å². The molecule has 4 nitrogen and oxygen atoms in total. The van der Waals surface area contributed by atoms with Crippen LogP contribution >= 0.6 is 0 Å². The third-order valence-electron chi connectivity index (χ3n) is 4.74. The molecule has 0 saturated heterocycles. The van der Waals surface area contributed by atoms with Crippen LogP contribution in [0.25, 0.3) is 22.3 Å². The van der Waals surface area contributed by atoms with Gasteiger partial charge in [0, 0.05) is 23.8 Å². The Labute approximate surface area is 175 Å². The standard InChI is InChI=1S/C24H17F3O4/c1-29-18-11-21(30-14-15-5-3-2-4-6-15)23-19(28)13-20(31-22(23)12-18)16-7-9-17(10-8-16)24(25,26)27/h2-13H,14H2,1H3. The van der Waals surface area contributed by atoms with E-state index in [2.05, 4.69) is 0 Å². The lowest BCUT2D eigenvalue weighted by Gasteiger charge is -2.12. The van der Waals surface area contributed by atoms with Crippen molar-refractivity contribution in [1.29, 1.82) is 0 Å². The Morgan fingerprint density at radius 1 is 0.935 bits per heavy atom. The van der Waals surface area contributed by atoms with Gasteiger partial charge in [-0.05, 0) is 17.7 Å². The minimum atomic E-state index is -4.44. The lowest BCUT2D eigenvalue weighted by atomic mass is 10.1. The predicted octanol–water partition coefficient (Wildman–Crippen LogP) is 6.07. The van der Waals surface area contributed by atoms with Gasteiger partial charge in [0.25, 0.3) is 0 Å². The van der Waals surface area contributed by atoms with Gasteiger partial charge in [0.05, 0.1) is 12.7 Å². The van der Waals surface area contributed by atoms with Crippen LogP contribution in [0, 0.1) is 0 Å². The van der Waals surface area contributed by atoms with Gasteiger partial charge in [-0.2, -0.15) is 13.2 Å². The first-order chi connectivity index (χ1) is 14.8. The average Bonchev–Trinajstić information content (AvgIpc) is 2.77. The van der Waals surface area contributed by atoms with Crippen molar-refractivity contribution in [2.75, 3.05) is 7.11 Å². The number of alkyl halides is 3. The molecule has 0 amide bonds. The fourth-order valence-electron chi connectivity index (χ4n) is 3.16. The molecule has 7 heteroatoms. The van der Waals surface area contributed by atoms with Crippen LogP contribution in [0.1, 0.15) is 11.1 Å². The van der Waals surface area contributed by atoms with Gasteiger partial charge >= 0.3 is 6.18 Å². The molecule has 0 unspecified atom stereocenters. The molecule has 0 atom stereocenters. The minimum Gasteiger partial charge on any atom is -0.496 e. The number of hydrogen-bond acceptors (Lipinski definition) is 4. The molecule has 0 N–H and O–H groups in total. The number of benzene rings is 3. The molecule has 0 aliphatic rings. The van der Waals surface area contributed by atoms with Crippen molar-refractivity contribution in [2.24, 2.45) is 0 Å². The Kier molecular flexibility index (Phi) is 5.42. The molecule has 158 valence electrons. The van der Waals surface area contributed by atoms with E-state index in [0.29, 0.717) is 17.1 Å². The van der Waals surface area contributed by atoms with Gasteiger partial charge in [-0.15, -0.1) is 0 Å². The highest BCUT2D eigenvalue weighted by molar-refractivity contribution is 5.86. The molecule has 0 radical (unpaired) electrons. The van der Waals surface area contributed by atoms with Gasteiger partial charge in [-0.25, -0.2) is 0 Å². The molecular weight excluding hydrogens is 409 g/mol. The smallest absolute Gasteiger partial charge is 0.416 e. The molecule has 1 heterocycles. The summed E-state index contributed by atoms with van der Waals surface area (Å²) in [5.74, 6) is 0.864. The molecule has 1 aromatic heterocycles.